The number of aryl methyl sites for hydroxylation is 1. The fourth-order valence-electron chi connectivity index (χ4n) is 16.7. The van der Waals surface area contributed by atoms with Crippen LogP contribution in [0.2, 0.25) is 0 Å². The van der Waals surface area contributed by atoms with E-state index in [1.54, 1.807) is 75.5 Å². The third-order valence-corrected chi connectivity index (χ3v) is 26.2. The summed E-state index contributed by atoms with van der Waals surface area (Å²) in [6, 6.07) is -2.15. The van der Waals surface area contributed by atoms with Crippen LogP contribution in [-0.4, -0.2) is 322 Å². The van der Waals surface area contributed by atoms with Gasteiger partial charge in [0.15, 0.2) is 5.96 Å². The molecule has 0 bridgehead atoms. The zero-order valence-electron chi connectivity index (χ0n) is 85.1. The number of benzene rings is 2. The molecule has 17 amide bonds. The Kier molecular flexibility index (Phi) is 55.2. The van der Waals surface area contributed by atoms with Gasteiger partial charge in [0.2, 0.25) is 110 Å². The standard InChI is InChI=1S/C97H152N28O23S/c1-4-5-31-69(87(135)115-72-39-41-82(130)103-42-25-24-33-68(86(99)134)111-91(139)74(50-63-53-107-67-32-23-22-30-66(63)67)116-88(136)70(34-26-43-105-97(100)101)112-90(138)73(49-62-28-18-17-19-29-62)118-95(143)78-52-65(127)57-125(78)96(72)144)113-93(141)76(55-106-61(2)3)119-92(140)75(51-64-54-102-60-109-64)117-89(137)71(38-40-79(98)128)114-94(142)77(58-126)110-84(132)56-108-85(133)59-148-47-46-147-45-44-104-81(129)37-27-48-149(145,146)122-83(131)36-21-16-14-12-10-8-6-7-9-11-13-15-20-35-80-120-123-124-121-80/h17-19,22-23,28-30,32,53-54,60-61,65,68-78,106-107,126-127H,4-16,20-21,24-27,31,33-52,55-59H2,1-3H3,(H2,98,128)(H2,99,134)(H,102,109)(H,103,130)(H,104,129)(H,108,133)(H,110,132)(H,111,139)(H,112,138)(H,113,141)(H,114,142)(H,115,135)(H,116,136)(H,117,137)(H,118,143)(H,119,140)(H,122,131)(H4,100,101,105)(H,120,121,123,124)/t65-,68+,69+,70+,71+,72+,73-,74+,75+,76+,77+,78+/m1/s1. The minimum Gasteiger partial charge on any atom is -0.394 e. The first-order chi connectivity index (χ1) is 71.5. The van der Waals surface area contributed by atoms with Crippen molar-refractivity contribution in [1.29, 1.82) is 5.41 Å². The van der Waals surface area contributed by atoms with Gasteiger partial charge in [-0.05, 0) is 98.2 Å². The first-order valence-corrected chi connectivity index (χ1v) is 52.9. The number of unbranched alkanes of at least 4 members (excludes halogenated alkanes) is 13. The number of aliphatic hydroxyl groups is 2. The molecule has 52 heteroatoms. The third kappa shape index (κ3) is 47.5. The quantitative estimate of drug-likeness (QED) is 0.0103. The van der Waals surface area contributed by atoms with Crippen LogP contribution in [0.3, 0.4) is 0 Å². The number of rotatable bonds is 63. The maximum absolute atomic E-state index is 15.5. The lowest BCUT2D eigenvalue weighted by Gasteiger charge is -2.31. The Balaban J connectivity index is 0.934. The molecule has 2 aromatic carbocycles. The van der Waals surface area contributed by atoms with Gasteiger partial charge in [-0.25, -0.2) is 18.5 Å². The van der Waals surface area contributed by atoms with E-state index in [0.29, 0.717) is 34.9 Å². The van der Waals surface area contributed by atoms with Gasteiger partial charge < -0.3 is 132 Å². The van der Waals surface area contributed by atoms with E-state index in [-0.39, 0.29) is 141 Å². The first kappa shape index (κ1) is 122. The van der Waals surface area contributed by atoms with Gasteiger partial charge in [-0.3, -0.25) is 91.6 Å². The van der Waals surface area contributed by atoms with E-state index in [4.69, 9.17) is 32.1 Å². The molecule has 149 heavy (non-hydrogen) atoms. The third-order valence-electron chi connectivity index (χ3n) is 24.8. The Bertz CT molecular complexity index is 5210. The highest BCUT2D eigenvalue weighted by Gasteiger charge is 2.45. The van der Waals surface area contributed by atoms with E-state index in [1.165, 1.54) is 44.6 Å². The van der Waals surface area contributed by atoms with Crippen LogP contribution in [0.4, 0.5) is 0 Å². The van der Waals surface area contributed by atoms with Gasteiger partial charge in [0.25, 0.3) is 0 Å². The number of aliphatic hydroxyl groups excluding tert-OH is 2. The van der Waals surface area contributed by atoms with Crippen LogP contribution in [0, 0.1) is 5.41 Å². The van der Waals surface area contributed by atoms with Crippen molar-refractivity contribution in [3.63, 3.8) is 0 Å². The number of ether oxygens (including phenoxy) is 2. The number of aromatic nitrogens is 7. The second kappa shape index (κ2) is 67.3. The molecule has 2 fully saturated rings. The summed E-state index contributed by atoms with van der Waals surface area (Å²) in [7, 11) is -3.95. The number of imidazole rings is 1. The van der Waals surface area contributed by atoms with Crippen LogP contribution in [0.25, 0.3) is 10.9 Å². The normalized spacial score (nSPS) is 18.3. The molecule has 0 saturated carbocycles. The number of hydrogen-bond acceptors (Lipinski definition) is 29. The van der Waals surface area contributed by atoms with Crippen molar-refractivity contribution in [2.75, 3.05) is 78.1 Å². The maximum Gasteiger partial charge on any atom is 0.246 e. The summed E-state index contributed by atoms with van der Waals surface area (Å²) < 4.78 is 37.9. The van der Waals surface area contributed by atoms with Crippen molar-refractivity contribution in [2.24, 2.45) is 17.2 Å². The number of nitrogens with zero attached hydrogens (tertiary/aromatic N) is 5. The molecule has 51 nitrogen and oxygen atoms in total. The lowest BCUT2D eigenvalue weighted by molar-refractivity contribution is -0.143. The molecule has 0 spiro atoms. The topological polar surface area (TPSA) is 780 Å². The largest absolute Gasteiger partial charge is 0.394 e. The zero-order chi connectivity index (χ0) is 108. The van der Waals surface area contributed by atoms with E-state index < -0.39 is 254 Å². The Morgan fingerprint density at radius 3 is 1.90 bits per heavy atom. The van der Waals surface area contributed by atoms with E-state index in [1.807, 2.05) is 6.07 Å². The molecular formula is C97H152N28O23S. The van der Waals surface area contributed by atoms with Crippen LogP contribution in [0.5, 0.6) is 0 Å². The number of H-pyrrole nitrogens is 3. The molecular weight excluding hydrogens is 1960 g/mol. The fraction of sp³-hybridized carbons (Fsp3) is 0.629. The molecule has 2 aliphatic heterocycles. The number of aromatic amines is 3. The number of tetrazole rings is 1. The summed E-state index contributed by atoms with van der Waals surface area (Å²) in [4.78, 5) is 250. The highest BCUT2D eigenvalue weighted by molar-refractivity contribution is 7.90. The predicted molar refractivity (Wildman–Crippen MR) is 544 cm³/mol. The van der Waals surface area contributed by atoms with Gasteiger partial charge in [0.05, 0.1) is 56.9 Å². The Hall–Kier alpha value is -13.7. The molecule has 2 aliphatic rings. The molecule has 0 aliphatic carbocycles. The molecule has 7 rings (SSSR count). The number of primary amides is 2. The summed E-state index contributed by atoms with van der Waals surface area (Å²) in [6.07, 6.45) is 15.3. The van der Waals surface area contributed by atoms with Crippen molar-refractivity contribution < 1.29 is 110 Å². The van der Waals surface area contributed by atoms with Gasteiger partial charge in [-0.1, -0.05) is 153 Å². The number of nitrogens with two attached hydrogens (primary N) is 3. The highest BCUT2D eigenvalue weighted by atomic mass is 32.2. The number of guanidine groups is 1. The molecule has 824 valence electrons. The van der Waals surface area contributed by atoms with Crippen molar-refractivity contribution in [3.05, 3.63) is 96.0 Å². The van der Waals surface area contributed by atoms with Gasteiger partial charge in [0, 0.05) is 120 Å². The maximum atomic E-state index is 15.5. The number of hydrogen-bond donors (Lipinski definition) is 25. The number of fused-ring (bicyclic) bond motifs is 2. The van der Waals surface area contributed by atoms with Crippen LogP contribution in [-0.2, 0) is 127 Å². The molecule has 0 radical (unpaired) electrons. The predicted octanol–water partition coefficient (Wildman–Crippen LogP) is -3.29. The number of carbonyl (C=O) groups excluding carboxylic acids is 17. The number of para-hydroxylation sites is 1. The van der Waals surface area contributed by atoms with Crippen molar-refractivity contribution in [2.45, 2.75) is 311 Å². The molecule has 2 saturated heterocycles. The van der Waals surface area contributed by atoms with Gasteiger partial charge >= 0.3 is 0 Å². The van der Waals surface area contributed by atoms with Gasteiger partial charge in [0.1, 0.15) is 78.9 Å². The van der Waals surface area contributed by atoms with Gasteiger partial charge in [-0.15, -0.1) is 5.10 Å². The van der Waals surface area contributed by atoms with Crippen LogP contribution >= 0.6 is 0 Å². The molecule has 3 aromatic heterocycles. The SMILES string of the molecule is CCCC[C@H](NC(=O)[C@H](CNC(C)C)NC(=O)[C@H](Cc1c[nH]cn1)NC(=O)[C@H](CCC(N)=O)NC(=O)[C@H](CO)NC(=O)CNC(=O)COCCOCCNC(=O)CCCS(=O)(=O)NC(=O)CCCCCCCCCCCCCCCc1nnn[nH]1)C(=O)N[C@H]1CCC(=O)NCCCC[C@@H](C(N)=O)NC(=O)[C@H](Cc2c[nH]c3ccccc23)NC(=O)[C@H](CCCNC(=N)N)NC(=O)[C@@H](Cc2ccccc2)NC(=O)[C@@H]2C[C@@H](O)CN2C1=O. The highest BCUT2D eigenvalue weighted by Crippen LogP contribution is 2.25. The zero-order valence-corrected chi connectivity index (χ0v) is 85.9. The van der Waals surface area contributed by atoms with Crippen LogP contribution in [0.15, 0.2) is 73.3 Å². The molecule has 12 atom stereocenters. The fourth-order valence-corrected chi connectivity index (χ4v) is 17.7. The molecule has 0 unspecified atom stereocenters. The summed E-state index contributed by atoms with van der Waals surface area (Å²) in [5.74, 6) is -15.2. The van der Waals surface area contributed by atoms with E-state index in [0.717, 1.165) is 62.1 Å². The number of amides is 17. The van der Waals surface area contributed by atoms with Crippen molar-refractivity contribution in [3.8, 4) is 0 Å². The van der Waals surface area contributed by atoms with E-state index in [9.17, 15) is 76.2 Å². The summed E-state index contributed by atoms with van der Waals surface area (Å²) in [6.45, 7) is 1.94. The summed E-state index contributed by atoms with van der Waals surface area (Å²) in [5, 5.41) is 83.6. The molecule has 5 heterocycles. The lowest BCUT2D eigenvalue weighted by Crippen LogP contribution is -2.62. The van der Waals surface area contributed by atoms with E-state index >= 15 is 24.0 Å². The smallest absolute Gasteiger partial charge is 0.246 e. The van der Waals surface area contributed by atoms with Crippen molar-refractivity contribution >= 4 is 127 Å². The second-order valence-corrected chi connectivity index (χ2v) is 39.3. The number of sulfonamides is 1. The first-order valence-electron chi connectivity index (χ1n) is 51.3. The average molecular weight is 2110 g/mol. The summed E-state index contributed by atoms with van der Waals surface area (Å²) in [5.41, 5.74) is 19.0. The Morgan fingerprint density at radius 2 is 1.23 bits per heavy atom. The lowest BCUT2D eigenvalue weighted by atomic mass is 10.0. The summed E-state index contributed by atoms with van der Waals surface area (Å²) >= 11 is 0. The van der Waals surface area contributed by atoms with E-state index in [2.05, 4.69) is 120 Å². The Labute approximate surface area is 865 Å². The minimum atomic E-state index is -3.95. The minimum absolute atomic E-state index is 0.0210. The second-order valence-electron chi connectivity index (χ2n) is 37.4. The van der Waals surface area contributed by atoms with Crippen LogP contribution < -0.4 is 102 Å². The van der Waals surface area contributed by atoms with Crippen molar-refractivity contribution in [1.82, 2.24) is 125 Å². The monoisotopic (exact) mass is 2110 g/mol. The number of nitrogens with one attached hydrogen (secondary N) is 20. The average Bonchev–Trinajstić information content (AvgIpc) is 1.66. The molecule has 5 aromatic rings. The van der Waals surface area contributed by atoms with Gasteiger partial charge in [-0.2, -0.15) is 0 Å². The molecule has 28 N–H and O–H groups in total. The Morgan fingerprint density at radius 1 is 0.604 bits per heavy atom. The number of carbonyl (C=O) groups is 17. The van der Waals surface area contributed by atoms with Crippen LogP contribution in [0.1, 0.15) is 230 Å².